The molecule has 1 aromatic rings. The summed E-state index contributed by atoms with van der Waals surface area (Å²) in [5.74, 6) is 1.18. The predicted molar refractivity (Wildman–Crippen MR) is 61.8 cm³/mol. The molecule has 0 saturated carbocycles. The van der Waals surface area contributed by atoms with Gasteiger partial charge in [0.05, 0.1) is 6.61 Å². The number of anilines is 1. The van der Waals surface area contributed by atoms with Crippen molar-refractivity contribution in [3.63, 3.8) is 0 Å². The smallest absolute Gasteiger partial charge is 0.160 e. The molecule has 1 atom stereocenters. The Morgan fingerprint density at radius 1 is 1.56 bits per heavy atom. The monoisotopic (exact) mass is 222 g/mol. The number of nitrogens with two attached hydrogens (primary N) is 1. The minimum Gasteiger partial charge on any atom is -0.384 e. The lowest BCUT2D eigenvalue weighted by atomic mass is 10.2. The summed E-state index contributed by atoms with van der Waals surface area (Å²) >= 11 is 0. The second kappa shape index (κ2) is 4.76. The van der Waals surface area contributed by atoms with Crippen LogP contribution in [0.4, 0.5) is 5.82 Å². The van der Waals surface area contributed by atoms with Crippen molar-refractivity contribution in [1.82, 2.24) is 14.9 Å². The Morgan fingerprint density at radius 3 is 3.06 bits per heavy atom. The molecule has 1 unspecified atom stereocenters. The number of nitrogens with zero attached hydrogens (tertiary/aromatic N) is 3. The van der Waals surface area contributed by atoms with Crippen LogP contribution in [0.3, 0.4) is 0 Å². The number of nitrogen functional groups attached to an aromatic ring is 1. The number of ether oxygens (including phenoxy) is 1. The molecular formula is C11H18N4O. The summed E-state index contributed by atoms with van der Waals surface area (Å²) in [5.41, 5.74) is 5.64. The fraction of sp³-hybridized carbons (Fsp3) is 0.636. The SMILES string of the molecule is CC(C)N1CCOC(c2nccc(N)n2)C1. The second-order valence-electron chi connectivity index (χ2n) is 4.29. The van der Waals surface area contributed by atoms with Crippen LogP contribution in [0.25, 0.3) is 0 Å². The maximum Gasteiger partial charge on any atom is 0.160 e. The molecule has 2 N–H and O–H groups in total. The molecule has 5 nitrogen and oxygen atoms in total. The molecule has 0 aliphatic carbocycles. The van der Waals surface area contributed by atoms with Gasteiger partial charge in [-0.3, -0.25) is 4.90 Å². The Labute approximate surface area is 95.6 Å². The lowest BCUT2D eigenvalue weighted by molar-refractivity contribution is -0.0442. The minimum absolute atomic E-state index is 0.0559. The van der Waals surface area contributed by atoms with Crippen LogP contribution < -0.4 is 5.73 Å². The Hall–Kier alpha value is -1.20. The topological polar surface area (TPSA) is 64.3 Å². The van der Waals surface area contributed by atoms with Gasteiger partial charge in [-0.05, 0) is 19.9 Å². The fourth-order valence-electron chi connectivity index (χ4n) is 1.84. The third-order valence-corrected chi connectivity index (χ3v) is 2.81. The first-order valence-corrected chi connectivity index (χ1v) is 5.61. The van der Waals surface area contributed by atoms with Gasteiger partial charge in [-0.2, -0.15) is 0 Å². The number of hydrogen-bond donors (Lipinski definition) is 1. The Morgan fingerprint density at radius 2 is 2.38 bits per heavy atom. The largest absolute Gasteiger partial charge is 0.384 e. The predicted octanol–water partition coefficient (Wildman–Crippen LogP) is 0.840. The molecule has 88 valence electrons. The highest BCUT2D eigenvalue weighted by molar-refractivity contribution is 5.25. The highest BCUT2D eigenvalue weighted by Crippen LogP contribution is 2.20. The van der Waals surface area contributed by atoms with Gasteiger partial charge in [0.1, 0.15) is 11.9 Å². The van der Waals surface area contributed by atoms with Gasteiger partial charge in [-0.15, -0.1) is 0 Å². The average molecular weight is 222 g/mol. The van der Waals surface area contributed by atoms with Crippen molar-refractivity contribution in [2.45, 2.75) is 26.0 Å². The molecule has 0 radical (unpaired) electrons. The second-order valence-corrected chi connectivity index (χ2v) is 4.29. The molecule has 0 bridgehead atoms. The van der Waals surface area contributed by atoms with Gasteiger partial charge >= 0.3 is 0 Å². The summed E-state index contributed by atoms with van der Waals surface area (Å²) in [5, 5.41) is 0. The van der Waals surface area contributed by atoms with E-state index < -0.39 is 0 Å². The van der Waals surface area contributed by atoms with E-state index in [1.165, 1.54) is 0 Å². The first-order chi connectivity index (χ1) is 7.66. The third-order valence-electron chi connectivity index (χ3n) is 2.81. The number of morpholine rings is 1. The van der Waals surface area contributed by atoms with E-state index in [1.807, 2.05) is 0 Å². The molecular weight excluding hydrogens is 204 g/mol. The summed E-state index contributed by atoms with van der Waals surface area (Å²) in [6.07, 6.45) is 1.62. The first-order valence-electron chi connectivity index (χ1n) is 5.61. The fourth-order valence-corrected chi connectivity index (χ4v) is 1.84. The van der Waals surface area contributed by atoms with Crippen molar-refractivity contribution in [1.29, 1.82) is 0 Å². The summed E-state index contributed by atoms with van der Waals surface area (Å²) in [4.78, 5) is 10.8. The van der Waals surface area contributed by atoms with Gasteiger partial charge < -0.3 is 10.5 Å². The van der Waals surface area contributed by atoms with Crippen LogP contribution in [0.2, 0.25) is 0 Å². The van der Waals surface area contributed by atoms with Crippen LogP contribution in [-0.2, 0) is 4.74 Å². The lowest BCUT2D eigenvalue weighted by Gasteiger charge is -2.34. The average Bonchev–Trinajstić information content (AvgIpc) is 2.29. The number of hydrogen-bond acceptors (Lipinski definition) is 5. The Kier molecular flexibility index (Phi) is 3.36. The van der Waals surface area contributed by atoms with E-state index in [1.54, 1.807) is 12.3 Å². The zero-order valence-electron chi connectivity index (χ0n) is 9.76. The van der Waals surface area contributed by atoms with E-state index in [4.69, 9.17) is 10.5 Å². The van der Waals surface area contributed by atoms with Crippen molar-refractivity contribution in [2.24, 2.45) is 0 Å². The zero-order chi connectivity index (χ0) is 11.5. The molecule has 2 rings (SSSR count). The molecule has 0 amide bonds. The molecule has 0 spiro atoms. The third kappa shape index (κ3) is 2.48. The summed E-state index contributed by atoms with van der Waals surface area (Å²) < 4.78 is 5.68. The lowest BCUT2D eigenvalue weighted by Crippen LogP contribution is -2.42. The molecule has 1 fully saturated rings. The van der Waals surface area contributed by atoms with E-state index in [2.05, 4.69) is 28.7 Å². The van der Waals surface area contributed by atoms with Crippen molar-refractivity contribution in [2.75, 3.05) is 25.4 Å². The van der Waals surface area contributed by atoms with Crippen molar-refractivity contribution < 1.29 is 4.74 Å². The van der Waals surface area contributed by atoms with Crippen molar-refractivity contribution >= 4 is 5.82 Å². The van der Waals surface area contributed by atoms with E-state index in [0.29, 0.717) is 17.7 Å². The summed E-state index contributed by atoms with van der Waals surface area (Å²) in [7, 11) is 0. The Bertz CT molecular complexity index is 356. The van der Waals surface area contributed by atoms with Gasteiger partial charge in [0, 0.05) is 25.3 Å². The summed E-state index contributed by atoms with van der Waals surface area (Å²) in [6, 6.07) is 2.21. The van der Waals surface area contributed by atoms with Gasteiger partial charge in [0.2, 0.25) is 0 Å². The van der Waals surface area contributed by atoms with E-state index in [0.717, 1.165) is 19.7 Å². The molecule has 1 aliphatic heterocycles. The molecule has 1 aliphatic rings. The highest BCUT2D eigenvalue weighted by atomic mass is 16.5. The first kappa shape index (κ1) is 11.3. The van der Waals surface area contributed by atoms with E-state index in [9.17, 15) is 0 Å². The van der Waals surface area contributed by atoms with Crippen molar-refractivity contribution in [3.05, 3.63) is 18.1 Å². The van der Waals surface area contributed by atoms with Crippen LogP contribution in [0.5, 0.6) is 0 Å². The molecule has 1 saturated heterocycles. The maximum absolute atomic E-state index is 5.68. The highest BCUT2D eigenvalue weighted by Gasteiger charge is 2.25. The quantitative estimate of drug-likeness (QED) is 0.803. The summed E-state index contributed by atoms with van der Waals surface area (Å²) in [6.45, 7) is 6.89. The standard InChI is InChI=1S/C11H18N4O/c1-8(2)15-5-6-16-9(7-15)11-13-4-3-10(12)14-11/h3-4,8-9H,5-7H2,1-2H3,(H2,12,13,14). The van der Waals surface area contributed by atoms with Crippen LogP contribution in [0.15, 0.2) is 12.3 Å². The molecule has 1 aromatic heterocycles. The van der Waals surface area contributed by atoms with Crippen LogP contribution >= 0.6 is 0 Å². The normalized spacial score (nSPS) is 22.6. The number of rotatable bonds is 2. The van der Waals surface area contributed by atoms with Gasteiger partial charge in [0.25, 0.3) is 0 Å². The van der Waals surface area contributed by atoms with Gasteiger partial charge in [-0.25, -0.2) is 9.97 Å². The molecule has 2 heterocycles. The van der Waals surface area contributed by atoms with Crippen LogP contribution in [0, 0.1) is 0 Å². The zero-order valence-corrected chi connectivity index (χ0v) is 9.76. The maximum atomic E-state index is 5.68. The van der Waals surface area contributed by atoms with Crippen molar-refractivity contribution in [3.8, 4) is 0 Å². The number of aromatic nitrogens is 2. The van der Waals surface area contributed by atoms with Gasteiger partial charge in [-0.1, -0.05) is 0 Å². The van der Waals surface area contributed by atoms with E-state index >= 15 is 0 Å². The van der Waals surface area contributed by atoms with Gasteiger partial charge in [0.15, 0.2) is 5.82 Å². The molecule has 16 heavy (non-hydrogen) atoms. The minimum atomic E-state index is -0.0559. The van der Waals surface area contributed by atoms with E-state index in [-0.39, 0.29) is 6.10 Å². The molecule has 0 aromatic carbocycles. The molecule has 5 heteroatoms. The van der Waals surface area contributed by atoms with Crippen LogP contribution in [0.1, 0.15) is 25.8 Å². The Balaban J connectivity index is 2.09. The van der Waals surface area contributed by atoms with Crippen LogP contribution in [-0.4, -0.2) is 40.6 Å².